The largest absolute Gasteiger partial charge is 0.478 e. The number of aryl methyl sites for hydroxylation is 1. The fraction of sp³-hybridized carbons (Fsp3) is 0.182. The predicted molar refractivity (Wildman–Crippen MR) is 55.4 cm³/mol. The molecule has 1 aromatic rings. The highest BCUT2D eigenvalue weighted by atomic mass is 35.5. The summed E-state index contributed by atoms with van der Waals surface area (Å²) < 4.78 is 0. The standard InChI is InChI=1S/C11H9ClO2/c12-9-4-3-7-1-2-8(5-11(13)14)10(7)6-9/h3-6H,1-2H2,(H,13,14)/b8-5-. The first kappa shape index (κ1) is 9.28. The van der Waals surface area contributed by atoms with Crippen LogP contribution in [-0.2, 0) is 11.2 Å². The minimum absolute atomic E-state index is 0.655. The first-order valence-corrected chi connectivity index (χ1v) is 4.77. The van der Waals surface area contributed by atoms with E-state index < -0.39 is 5.97 Å². The molecule has 0 aromatic heterocycles. The number of fused-ring (bicyclic) bond motifs is 1. The van der Waals surface area contributed by atoms with Crippen LogP contribution < -0.4 is 0 Å². The molecule has 72 valence electrons. The van der Waals surface area contributed by atoms with Crippen molar-refractivity contribution in [2.24, 2.45) is 0 Å². The molecule has 0 saturated heterocycles. The van der Waals surface area contributed by atoms with Gasteiger partial charge in [-0.15, -0.1) is 0 Å². The molecule has 2 nitrogen and oxygen atoms in total. The lowest BCUT2D eigenvalue weighted by atomic mass is 10.1. The summed E-state index contributed by atoms with van der Waals surface area (Å²) in [6.07, 6.45) is 2.97. The second-order valence-corrected chi connectivity index (χ2v) is 3.75. The molecule has 0 bridgehead atoms. The van der Waals surface area contributed by atoms with E-state index in [4.69, 9.17) is 16.7 Å². The molecule has 1 aromatic carbocycles. The van der Waals surface area contributed by atoms with Crippen LogP contribution in [0.3, 0.4) is 0 Å². The van der Waals surface area contributed by atoms with Crippen molar-refractivity contribution >= 4 is 23.1 Å². The summed E-state index contributed by atoms with van der Waals surface area (Å²) in [6, 6.07) is 5.63. The lowest BCUT2D eigenvalue weighted by Gasteiger charge is -2.00. The third-order valence-corrected chi connectivity index (χ3v) is 2.61. The van der Waals surface area contributed by atoms with Gasteiger partial charge in [0.2, 0.25) is 0 Å². The Hall–Kier alpha value is -1.28. The minimum Gasteiger partial charge on any atom is -0.478 e. The van der Waals surface area contributed by atoms with Gasteiger partial charge in [-0.2, -0.15) is 0 Å². The Bertz CT molecular complexity index is 421. The molecule has 0 spiro atoms. The fourth-order valence-corrected chi connectivity index (χ4v) is 1.94. The molecule has 0 unspecified atom stereocenters. The van der Waals surface area contributed by atoms with Crippen molar-refractivity contribution in [2.75, 3.05) is 0 Å². The molecule has 1 aliphatic rings. The van der Waals surface area contributed by atoms with E-state index in [2.05, 4.69) is 0 Å². The molecule has 2 rings (SSSR count). The van der Waals surface area contributed by atoms with Gasteiger partial charge < -0.3 is 5.11 Å². The van der Waals surface area contributed by atoms with Gasteiger partial charge in [0, 0.05) is 11.1 Å². The Morgan fingerprint density at radius 3 is 2.93 bits per heavy atom. The molecule has 0 radical (unpaired) electrons. The maximum Gasteiger partial charge on any atom is 0.328 e. The zero-order valence-electron chi connectivity index (χ0n) is 7.46. The van der Waals surface area contributed by atoms with Crippen LogP contribution >= 0.6 is 11.6 Å². The van der Waals surface area contributed by atoms with E-state index in [1.807, 2.05) is 18.2 Å². The van der Waals surface area contributed by atoms with Gasteiger partial charge in [-0.25, -0.2) is 4.79 Å². The summed E-state index contributed by atoms with van der Waals surface area (Å²) in [4.78, 5) is 10.5. The van der Waals surface area contributed by atoms with Crippen LogP contribution in [-0.4, -0.2) is 11.1 Å². The molecule has 0 atom stereocenters. The number of carboxylic acids is 1. The number of allylic oxidation sites excluding steroid dienone is 1. The van der Waals surface area contributed by atoms with E-state index in [0.29, 0.717) is 5.02 Å². The highest BCUT2D eigenvalue weighted by Crippen LogP contribution is 2.33. The van der Waals surface area contributed by atoms with Crippen molar-refractivity contribution in [3.63, 3.8) is 0 Å². The number of carboxylic acid groups (broad SMARTS) is 1. The molecule has 0 aliphatic heterocycles. The summed E-state index contributed by atoms with van der Waals surface area (Å²) >= 11 is 5.85. The Morgan fingerprint density at radius 1 is 1.43 bits per heavy atom. The van der Waals surface area contributed by atoms with Crippen molar-refractivity contribution in [1.29, 1.82) is 0 Å². The topological polar surface area (TPSA) is 37.3 Å². The summed E-state index contributed by atoms with van der Waals surface area (Å²) in [7, 11) is 0. The lowest BCUT2D eigenvalue weighted by Crippen LogP contribution is -1.89. The molecule has 0 fully saturated rings. The van der Waals surface area contributed by atoms with E-state index >= 15 is 0 Å². The van der Waals surface area contributed by atoms with Gasteiger partial charge in [-0.1, -0.05) is 17.7 Å². The number of carbonyl (C=O) groups is 1. The Morgan fingerprint density at radius 2 is 2.21 bits per heavy atom. The third-order valence-electron chi connectivity index (χ3n) is 2.38. The number of rotatable bonds is 1. The van der Waals surface area contributed by atoms with Gasteiger partial charge in [0.05, 0.1) is 0 Å². The van der Waals surface area contributed by atoms with Crippen molar-refractivity contribution in [2.45, 2.75) is 12.8 Å². The third kappa shape index (κ3) is 1.66. The second-order valence-electron chi connectivity index (χ2n) is 3.31. The van der Waals surface area contributed by atoms with Crippen LogP contribution in [0.4, 0.5) is 0 Å². The van der Waals surface area contributed by atoms with Crippen LogP contribution in [0.1, 0.15) is 17.5 Å². The first-order valence-electron chi connectivity index (χ1n) is 4.39. The van der Waals surface area contributed by atoms with Crippen LogP contribution in [0, 0.1) is 0 Å². The monoisotopic (exact) mass is 208 g/mol. The van der Waals surface area contributed by atoms with E-state index in [1.54, 1.807) is 0 Å². The van der Waals surface area contributed by atoms with Crippen LogP contribution in [0.5, 0.6) is 0 Å². The normalized spacial score (nSPS) is 17.1. The zero-order chi connectivity index (χ0) is 10.1. The van der Waals surface area contributed by atoms with E-state index in [9.17, 15) is 4.79 Å². The fourth-order valence-electron chi connectivity index (χ4n) is 1.77. The van der Waals surface area contributed by atoms with Gasteiger partial charge in [-0.05, 0) is 41.7 Å². The molecule has 14 heavy (non-hydrogen) atoms. The van der Waals surface area contributed by atoms with Crippen molar-refractivity contribution in [1.82, 2.24) is 0 Å². The number of benzene rings is 1. The van der Waals surface area contributed by atoms with Crippen LogP contribution in [0.25, 0.3) is 5.57 Å². The lowest BCUT2D eigenvalue weighted by molar-refractivity contribution is -0.131. The molecule has 3 heteroatoms. The van der Waals surface area contributed by atoms with Crippen LogP contribution in [0.15, 0.2) is 24.3 Å². The predicted octanol–water partition coefficient (Wildman–Crippen LogP) is 2.75. The highest BCUT2D eigenvalue weighted by molar-refractivity contribution is 6.30. The van der Waals surface area contributed by atoms with Crippen molar-refractivity contribution in [3.05, 3.63) is 40.4 Å². The van der Waals surface area contributed by atoms with E-state index in [0.717, 1.165) is 24.0 Å². The molecule has 1 aliphatic carbocycles. The maximum atomic E-state index is 10.5. The smallest absolute Gasteiger partial charge is 0.328 e. The van der Waals surface area contributed by atoms with Gasteiger partial charge in [0.1, 0.15) is 0 Å². The second kappa shape index (κ2) is 3.46. The average Bonchev–Trinajstić information content (AvgIpc) is 2.47. The molecule has 0 amide bonds. The summed E-state index contributed by atoms with van der Waals surface area (Å²) in [5.41, 5.74) is 3.04. The molecular weight excluding hydrogens is 200 g/mol. The van der Waals surface area contributed by atoms with Gasteiger partial charge >= 0.3 is 5.97 Å². The van der Waals surface area contributed by atoms with Gasteiger partial charge in [0.15, 0.2) is 0 Å². The highest BCUT2D eigenvalue weighted by Gasteiger charge is 2.16. The molecule has 1 N–H and O–H groups in total. The van der Waals surface area contributed by atoms with Crippen molar-refractivity contribution in [3.8, 4) is 0 Å². The Labute approximate surface area is 86.8 Å². The van der Waals surface area contributed by atoms with Crippen LogP contribution in [0.2, 0.25) is 5.02 Å². The average molecular weight is 209 g/mol. The molecular formula is C11H9ClO2. The molecule has 0 heterocycles. The minimum atomic E-state index is -0.896. The number of hydrogen-bond acceptors (Lipinski definition) is 1. The van der Waals surface area contributed by atoms with E-state index in [1.165, 1.54) is 11.6 Å². The number of aliphatic carboxylic acids is 1. The first-order chi connectivity index (χ1) is 6.66. The zero-order valence-corrected chi connectivity index (χ0v) is 8.21. The quantitative estimate of drug-likeness (QED) is 0.721. The summed E-state index contributed by atoms with van der Waals surface area (Å²) in [5, 5.41) is 9.31. The number of halogens is 1. The summed E-state index contributed by atoms with van der Waals surface area (Å²) in [6.45, 7) is 0. The number of hydrogen-bond donors (Lipinski definition) is 1. The Kier molecular flexibility index (Phi) is 2.30. The Balaban J connectivity index is 2.48. The molecule has 0 saturated carbocycles. The van der Waals surface area contributed by atoms with Crippen molar-refractivity contribution < 1.29 is 9.90 Å². The van der Waals surface area contributed by atoms with E-state index in [-0.39, 0.29) is 0 Å². The maximum absolute atomic E-state index is 10.5. The SMILES string of the molecule is O=C(O)/C=C1/CCc2ccc(Cl)cc21. The van der Waals surface area contributed by atoms with Gasteiger partial charge in [0.25, 0.3) is 0 Å². The summed E-state index contributed by atoms with van der Waals surface area (Å²) in [5.74, 6) is -0.896. The van der Waals surface area contributed by atoms with Gasteiger partial charge in [-0.3, -0.25) is 0 Å².